The normalized spacial score (nSPS) is 11.0. The van der Waals surface area contributed by atoms with Crippen molar-refractivity contribution in [2.24, 2.45) is 0 Å². The zero-order valence-electron chi connectivity index (χ0n) is 13.5. The lowest BCUT2D eigenvalue weighted by Crippen LogP contribution is -2.27. The number of hydrogen-bond acceptors (Lipinski definition) is 2. The maximum absolute atomic E-state index is 12.1. The van der Waals surface area contributed by atoms with Gasteiger partial charge in [-0.2, -0.15) is 0 Å². The fraction of sp³-hybridized carbons (Fsp3) is 0.316. The van der Waals surface area contributed by atoms with Crippen LogP contribution >= 0.6 is 0 Å². The Bertz CT molecular complexity index is 608. The van der Waals surface area contributed by atoms with Crippen molar-refractivity contribution >= 4 is 5.91 Å². The van der Waals surface area contributed by atoms with Gasteiger partial charge in [-0.05, 0) is 44.2 Å². The summed E-state index contributed by atoms with van der Waals surface area (Å²) in [5, 5.41) is 3.00. The Kier molecular flexibility index (Phi) is 5.73. The molecule has 0 spiro atoms. The van der Waals surface area contributed by atoms with Crippen LogP contribution in [0, 0.1) is 0 Å². The van der Waals surface area contributed by atoms with Gasteiger partial charge in [-0.15, -0.1) is 0 Å². The van der Waals surface area contributed by atoms with Gasteiger partial charge >= 0.3 is 0 Å². The van der Waals surface area contributed by atoms with Crippen molar-refractivity contribution in [3.63, 3.8) is 0 Å². The van der Waals surface area contributed by atoms with Crippen LogP contribution < -0.4 is 5.32 Å². The molecule has 0 radical (unpaired) electrons. The van der Waals surface area contributed by atoms with Crippen molar-refractivity contribution < 1.29 is 4.79 Å². The van der Waals surface area contributed by atoms with Crippen molar-refractivity contribution in [3.05, 3.63) is 71.3 Å². The molecule has 2 aromatic rings. The second kappa shape index (κ2) is 7.76. The van der Waals surface area contributed by atoms with E-state index in [0.29, 0.717) is 18.2 Å². The largest absolute Gasteiger partial charge is 0.348 e. The molecule has 0 atom stereocenters. The quantitative estimate of drug-likeness (QED) is 0.885. The van der Waals surface area contributed by atoms with Gasteiger partial charge in [0.25, 0.3) is 5.91 Å². The molecule has 0 fully saturated rings. The molecule has 0 unspecified atom stereocenters. The van der Waals surface area contributed by atoms with Gasteiger partial charge in [0, 0.05) is 24.7 Å². The van der Waals surface area contributed by atoms with E-state index in [1.807, 2.05) is 42.5 Å². The van der Waals surface area contributed by atoms with Gasteiger partial charge in [-0.3, -0.25) is 9.69 Å². The lowest BCUT2D eigenvalue weighted by molar-refractivity contribution is 0.0950. The average Bonchev–Trinajstić information content (AvgIpc) is 2.54. The highest BCUT2D eigenvalue weighted by atomic mass is 16.1. The zero-order chi connectivity index (χ0) is 15.9. The third-order valence-electron chi connectivity index (χ3n) is 3.90. The predicted molar refractivity (Wildman–Crippen MR) is 90.7 cm³/mol. The Hall–Kier alpha value is -2.13. The minimum Gasteiger partial charge on any atom is -0.348 e. The van der Waals surface area contributed by atoms with Crippen LogP contribution in [0.1, 0.15) is 35.3 Å². The monoisotopic (exact) mass is 296 g/mol. The first-order chi connectivity index (χ1) is 10.6. The number of carbonyl (C=O) groups is 1. The van der Waals surface area contributed by atoms with E-state index in [0.717, 1.165) is 6.54 Å². The van der Waals surface area contributed by atoms with E-state index >= 15 is 0 Å². The number of nitrogens with zero attached hydrogens (tertiary/aromatic N) is 1. The second-order valence-electron chi connectivity index (χ2n) is 5.83. The van der Waals surface area contributed by atoms with E-state index in [4.69, 9.17) is 0 Å². The number of amides is 1. The minimum absolute atomic E-state index is 0.0346. The summed E-state index contributed by atoms with van der Waals surface area (Å²) in [5.41, 5.74) is 3.12. The van der Waals surface area contributed by atoms with Gasteiger partial charge in [0.05, 0.1) is 0 Å². The lowest BCUT2D eigenvalue weighted by atomic mass is 10.1. The minimum atomic E-state index is -0.0346. The summed E-state index contributed by atoms with van der Waals surface area (Å²) in [5.74, 6) is -0.0346. The van der Waals surface area contributed by atoms with Gasteiger partial charge in [-0.1, -0.05) is 42.5 Å². The van der Waals surface area contributed by atoms with Crippen LogP contribution in [-0.2, 0) is 13.1 Å². The topological polar surface area (TPSA) is 32.3 Å². The SMILES string of the molecule is CC(C)N(C)Cc1ccccc1CNC(=O)c1ccccc1. The molecule has 116 valence electrons. The van der Waals surface area contributed by atoms with Crippen molar-refractivity contribution in [1.29, 1.82) is 0 Å². The number of hydrogen-bond donors (Lipinski definition) is 1. The number of nitrogens with one attached hydrogen (secondary N) is 1. The number of benzene rings is 2. The highest BCUT2D eigenvalue weighted by Gasteiger charge is 2.09. The summed E-state index contributed by atoms with van der Waals surface area (Å²) in [6.07, 6.45) is 0. The lowest BCUT2D eigenvalue weighted by Gasteiger charge is -2.22. The summed E-state index contributed by atoms with van der Waals surface area (Å²) in [6, 6.07) is 18.1. The highest BCUT2D eigenvalue weighted by molar-refractivity contribution is 5.94. The van der Waals surface area contributed by atoms with Crippen LogP contribution in [0.2, 0.25) is 0 Å². The standard InChI is InChI=1S/C19H24N2O/c1-15(2)21(3)14-18-12-8-7-11-17(18)13-20-19(22)16-9-5-4-6-10-16/h4-12,15H,13-14H2,1-3H3,(H,20,22). The molecule has 1 N–H and O–H groups in total. The second-order valence-corrected chi connectivity index (χ2v) is 5.83. The van der Waals surface area contributed by atoms with Gasteiger partial charge in [0.15, 0.2) is 0 Å². The van der Waals surface area contributed by atoms with Crippen molar-refractivity contribution in [1.82, 2.24) is 10.2 Å². The first kappa shape index (κ1) is 16.2. The molecule has 0 aliphatic heterocycles. The Morgan fingerprint density at radius 3 is 2.23 bits per heavy atom. The molecular formula is C19H24N2O. The zero-order valence-corrected chi connectivity index (χ0v) is 13.5. The molecule has 3 heteroatoms. The molecule has 2 rings (SSSR count). The third-order valence-corrected chi connectivity index (χ3v) is 3.90. The van der Waals surface area contributed by atoms with Gasteiger partial charge < -0.3 is 5.32 Å². The molecule has 3 nitrogen and oxygen atoms in total. The van der Waals surface area contributed by atoms with Crippen molar-refractivity contribution in [2.45, 2.75) is 33.0 Å². The van der Waals surface area contributed by atoms with Crippen LogP contribution in [0.4, 0.5) is 0 Å². The van der Waals surface area contributed by atoms with Gasteiger partial charge in [0.2, 0.25) is 0 Å². The van der Waals surface area contributed by atoms with E-state index in [1.54, 1.807) is 0 Å². The Morgan fingerprint density at radius 2 is 1.59 bits per heavy atom. The molecule has 0 saturated carbocycles. The molecule has 0 bridgehead atoms. The maximum Gasteiger partial charge on any atom is 0.251 e. The van der Waals surface area contributed by atoms with Gasteiger partial charge in [0.1, 0.15) is 0 Å². The summed E-state index contributed by atoms with van der Waals surface area (Å²) in [6.45, 7) is 5.80. The molecule has 1 amide bonds. The van der Waals surface area contributed by atoms with E-state index < -0.39 is 0 Å². The third kappa shape index (κ3) is 4.43. The van der Waals surface area contributed by atoms with Crippen LogP contribution in [0.25, 0.3) is 0 Å². The molecule has 2 aromatic carbocycles. The number of rotatable bonds is 6. The van der Waals surface area contributed by atoms with E-state index in [2.05, 4.69) is 43.2 Å². The Morgan fingerprint density at radius 1 is 1.00 bits per heavy atom. The van der Waals surface area contributed by atoms with Crippen LogP contribution in [-0.4, -0.2) is 23.9 Å². The number of carbonyl (C=O) groups excluding carboxylic acids is 1. The van der Waals surface area contributed by atoms with Crippen LogP contribution in [0.15, 0.2) is 54.6 Å². The van der Waals surface area contributed by atoms with E-state index in [-0.39, 0.29) is 5.91 Å². The Balaban J connectivity index is 2.02. The molecule has 0 heterocycles. The highest BCUT2D eigenvalue weighted by Crippen LogP contribution is 2.12. The Labute approximate surface area is 133 Å². The molecule has 0 aliphatic rings. The summed E-state index contributed by atoms with van der Waals surface area (Å²) < 4.78 is 0. The fourth-order valence-corrected chi connectivity index (χ4v) is 2.20. The molecule has 0 saturated heterocycles. The molecule has 0 aliphatic carbocycles. The van der Waals surface area contributed by atoms with Crippen molar-refractivity contribution in [3.8, 4) is 0 Å². The first-order valence-corrected chi connectivity index (χ1v) is 7.68. The van der Waals surface area contributed by atoms with Gasteiger partial charge in [-0.25, -0.2) is 0 Å². The maximum atomic E-state index is 12.1. The van der Waals surface area contributed by atoms with Crippen molar-refractivity contribution in [2.75, 3.05) is 7.05 Å². The first-order valence-electron chi connectivity index (χ1n) is 7.68. The smallest absolute Gasteiger partial charge is 0.251 e. The fourth-order valence-electron chi connectivity index (χ4n) is 2.20. The summed E-state index contributed by atoms with van der Waals surface area (Å²) in [4.78, 5) is 14.4. The predicted octanol–water partition coefficient (Wildman–Crippen LogP) is 3.46. The summed E-state index contributed by atoms with van der Waals surface area (Å²) in [7, 11) is 2.12. The molecular weight excluding hydrogens is 272 g/mol. The molecule has 0 aromatic heterocycles. The average molecular weight is 296 g/mol. The van der Waals surface area contributed by atoms with Crippen LogP contribution in [0.3, 0.4) is 0 Å². The summed E-state index contributed by atoms with van der Waals surface area (Å²) >= 11 is 0. The van der Waals surface area contributed by atoms with E-state index in [1.165, 1.54) is 11.1 Å². The van der Waals surface area contributed by atoms with Crippen LogP contribution in [0.5, 0.6) is 0 Å². The van der Waals surface area contributed by atoms with E-state index in [9.17, 15) is 4.79 Å². The molecule has 22 heavy (non-hydrogen) atoms.